The van der Waals surface area contributed by atoms with Crippen molar-refractivity contribution >= 4 is 0 Å². The molecule has 0 aliphatic carbocycles. The van der Waals surface area contributed by atoms with Gasteiger partial charge in [-0.3, -0.25) is 0 Å². The van der Waals surface area contributed by atoms with E-state index in [0.29, 0.717) is 6.42 Å². The topological polar surface area (TPSA) is 32.3 Å². The summed E-state index contributed by atoms with van der Waals surface area (Å²) in [6, 6.07) is 11.2. The van der Waals surface area contributed by atoms with Gasteiger partial charge in [0.15, 0.2) is 17.5 Å². The second-order valence-corrected chi connectivity index (χ2v) is 4.82. The lowest BCUT2D eigenvalue weighted by molar-refractivity contribution is 0.240. The maximum absolute atomic E-state index is 13.1. The second kappa shape index (κ2) is 7.24. The standard InChI is InChI=1S/C16H16F3NO/c17-14-7-12(8-15(18)16(14)19)9-20-13(10-21)6-11-4-2-1-3-5-11/h1-5,7-8,13,20-21H,6,9-10H2. The minimum absolute atomic E-state index is 0.110. The summed E-state index contributed by atoms with van der Waals surface area (Å²) in [5.74, 6) is -3.90. The van der Waals surface area contributed by atoms with E-state index in [9.17, 15) is 18.3 Å². The molecule has 0 aliphatic rings. The Morgan fingerprint density at radius 2 is 1.57 bits per heavy atom. The number of rotatable bonds is 6. The molecule has 2 rings (SSSR count). The van der Waals surface area contributed by atoms with Crippen LogP contribution in [0.1, 0.15) is 11.1 Å². The van der Waals surface area contributed by atoms with Gasteiger partial charge < -0.3 is 10.4 Å². The first-order valence-electron chi connectivity index (χ1n) is 6.61. The van der Waals surface area contributed by atoms with Gasteiger partial charge in [-0.15, -0.1) is 0 Å². The molecular weight excluding hydrogens is 279 g/mol. The summed E-state index contributed by atoms with van der Waals surface area (Å²) in [5.41, 5.74) is 1.33. The molecule has 0 heterocycles. The van der Waals surface area contributed by atoms with Crippen LogP contribution >= 0.6 is 0 Å². The minimum atomic E-state index is -1.47. The highest BCUT2D eigenvalue weighted by atomic mass is 19.2. The van der Waals surface area contributed by atoms with Crippen LogP contribution < -0.4 is 5.32 Å². The normalized spacial score (nSPS) is 12.4. The lowest BCUT2D eigenvalue weighted by Crippen LogP contribution is -2.34. The number of hydrogen-bond acceptors (Lipinski definition) is 2. The molecule has 1 atom stereocenters. The fourth-order valence-corrected chi connectivity index (χ4v) is 2.07. The van der Waals surface area contributed by atoms with Crippen molar-refractivity contribution in [2.75, 3.05) is 6.61 Å². The summed E-state index contributed by atoms with van der Waals surface area (Å²) in [6.45, 7) is 0.0350. The van der Waals surface area contributed by atoms with E-state index in [0.717, 1.165) is 17.7 Å². The van der Waals surface area contributed by atoms with Crippen molar-refractivity contribution in [3.8, 4) is 0 Å². The monoisotopic (exact) mass is 295 g/mol. The largest absolute Gasteiger partial charge is 0.395 e. The first-order chi connectivity index (χ1) is 10.1. The molecular formula is C16H16F3NO. The van der Waals surface area contributed by atoms with Crippen LogP contribution in [0.25, 0.3) is 0 Å². The second-order valence-electron chi connectivity index (χ2n) is 4.82. The zero-order valence-corrected chi connectivity index (χ0v) is 11.3. The van der Waals surface area contributed by atoms with Crippen molar-refractivity contribution in [3.05, 3.63) is 71.0 Å². The molecule has 2 N–H and O–H groups in total. The lowest BCUT2D eigenvalue weighted by atomic mass is 10.1. The average Bonchev–Trinajstić information content (AvgIpc) is 2.49. The van der Waals surface area contributed by atoms with Gasteiger partial charge in [0.2, 0.25) is 0 Å². The molecule has 0 spiro atoms. The number of aliphatic hydroxyl groups is 1. The number of halogens is 3. The Hall–Kier alpha value is -1.85. The van der Waals surface area contributed by atoms with E-state index in [1.807, 2.05) is 30.3 Å². The van der Waals surface area contributed by atoms with Crippen molar-refractivity contribution in [2.45, 2.75) is 19.0 Å². The van der Waals surface area contributed by atoms with E-state index >= 15 is 0 Å². The van der Waals surface area contributed by atoms with E-state index in [-0.39, 0.29) is 24.8 Å². The highest BCUT2D eigenvalue weighted by Gasteiger charge is 2.12. The molecule has 0 amide bonds. The molecule has 1 unspecified atom stereocenters. The molecule has 2 aromatic carbocycles. The van der Waals surface area contributed by atoms with Gasteiger partial charge in [-0.1, -0.05) is 30.3 Å². The van der Waals surface area contributed by atoms with E-state index < -0.39 is 17.5 Å². The molecule has 0 bridgehead atoms. The summed E-state index contributed by atoms with van der Waals surface area (Å²) in [5, 5.41) is 12.4. The molecule has 2 nitrogen and oxygen atoms in total. The highest BCUT2D eigenvalue weighted by Crippen LogP contribution is 2.13. The summed E-state index contributed by atoms with van der Waals surface area (Å²) in [6.07, 6.45) is 0.587. The SMILES string of the molecule is OCC(Cc1ccccc1)NCc1cc(F)c(F)c(F)c1. The van der Waals surface area contributed by atoms with Crippen LogP contribution in [0.15, 0.2) is 42.5 Å². The summed E-state index contributed by atoms with van der Waals surface area (Å²) < 4.78 is 39.1. The molecule has 21 heavy (non-hydrogen) atoms. The molecule has 0 aromatic heterocycles. The first-order valence-corrected chi connectivity index (χ1v) is 6.61. The van der Waals surface area contributed by atoms with Gasteiger partial charge >= 0.3 is 0 Å². The van der Waals surface area contributed by atoms with Crippen molar-refractivity contribution in [1.29, 1.82) is 0 Å². The first kappa shape index (κ1) is 15.5. The molecule has 0 fully saturated rings. The van der Waals surface area contributed by atoms with Crippen molar-refractivity contribution in [1.82, 2.24) is 5.32 Å². The van der Waals surface area contributed by atoms with Crippen LogP contribution in [-0.4, -0.2) is 17.8 Å². The molecule has 2 aromatic rings. The maximum atomic E-state index is 13.1. The number of benzene rings is 2. The van der Waals surface area contributed by atoms with Crippen LogP contribution in [0, 0.1) is 17.5 Å². The van der Waals surface area contributed by atoms with Gasteiger partial charge in [-0.05, 0) is 29.7 Å². The van der Waals surface area contributed by atoms with Crippen LogP contribution in [0.4, 0.5) is 13.2 Å². The van der Waals surface area contributed by atoms with Gasteiger partial charge in [0, 0.05) is 12.6 Å². The smallest absolute Gasteiger partial charge is 0.194 e. The fraction of sp³-hybridized carbons (Fsp3) is 0.250. The number of aliphatic hydroxyl groups excluding tert-OH is 1. The summed E-state index contributed by atoms with van der Waals surface area (Å²) in [7, 11) is 0. The number of hydrogen-bond donors (Lipinski definition) is 2. The van der Waals surface area contributed by atoms with E-state index in [4.69, 9.17) is 0 Å². The summed E-state index contributed by atoms with van der Waals surface area (Å²) >= 11 is 0. The molecule has 0 aliphatic heterocycles. The van der Waals surface area contributed by atoms with Crippen LogP contribution in [0.3, 0.4) is 0 Å². The maximum Gasteiger partial charge on any atom is 0.194 e. The number of nitrogens with one attached hydrogen (secondary N) is 1. The van der Waals surface area contributed by atoms with Crippen LogP contribution in [-0.2, 0) is 13.0 Å². The van der Waals surface area contributed by atoms with E-state index in [2.05, 4.69) is 5.32 Å². The molecule has 0 saturated heterocycles. The quantitative estimate of drug-likeness (QED) is 0.803. The summed E-state index contributed by atoms with van der Waals surface area (Å²) in [4.78, 5) is 0. The fourth-order valence-electron chi connectivity index (χ4n) is 2.07. The molecule has 0 radical (unpaired) electrons. The Bertz CT molecular complexity index is 566. The van der Waals surface area contributed by atoms with Crippen molar-refractivity contribution in [2.24, 2.45) is 0 Å². The predicted octanol–water partition coefficient (Wildman–Crippen LogP) is 2.80. The Kier molecular flexibility index (Phi) is 5.36. The Morgan fingerprint density at radius 1 is 0.952 bits per heavy atom. The van der Waals surface area contributed by atoms with Gasteiger partial charge in [0.25, 0.3) is 0 Å². The predicted molar refractivity (Wildman–Crippen MR) is 74.2 cm³/mol. The highest BCUT2D eigenvalue weighted by molar-refractivity contribution is 5.20. The van der Waals surface area contributed by atoms with Gasteiger partial charge in [-0.2, -0.15) is 0 Å². The minimum Gasteiger partial charge on any atom is -0.395 e. The molecule has 112 valence electrons. The molecule has 0 saturated carbocycles. The zero-order valence-electron chi connectivity index (χ0n) is 11.3. The van der Waals surface area contributed by atoms with Crippen LogP contribution in [0.5, 0.6) is 0 Å². The third-order valence-electron chi connectivity index (χ3n) is 3.18. The van der Waals surface area contributed by atoms with Crippen molar-refractivity contribution in [3.63, 3.8) is 0 Å². The van der Waals surface area contributed by atoms with Crippen molar-refractivity contribution < 1.29 is 18.3 Å². The van der Waals surface area contributed by atoms with Gasteiger partial charge in [0.1, 0.15) is 0 Å². The third-order valence-corrected chi connectivity index (χ3v) is 3.18. The van der Waals surface area contributed by atoms with Gasteiger partial charge in [-0.25, -0.2) is 13.2 Å². The Labute approximate surface area is 121 Å². The zero-order chi connectivity index (χ0) is 15.2. The van der Waals surface area contributed by atoms with E-state index in [1.165, 1.54) is 0 Å². The Morgan fingerprint density at radius 3 is 2.14 bits per heavy atom. The third kappa shape index (κ3) is 4.31. The average molecular weight is 295 g/mol. The van der Waals surface area contributed by atoms with Crippen LogP contribution in [0.2, 0.25) is 0 Å². The van der Waals surface area contributed by atoms with E-state index in [1.54, 1.807) is 0 Å². The Balaban J connectivity index is 1.97. The van der Waals surface area contributed by atoms with Gasteiger partial charge in [0.05, 0.1) is 6.61 Å². The molecule has 5 heteroatoms. The lowest BCUT2D eigenvalue weighted by Gasteiger charge is -2.16.